The molecule has 1 rings (SSSR count). The minimum Gasteiger partial charge on any atom is -0.477 e. The fourth-order valence-electron chi connectivity index (χ4n) is 1.07. The molecule has 0 fully saturated rings. The van der Waals surface area contributed by atoms with Gasteiger partial charge in [0.05, 0.1) is 6.54 Å². The van der Waals surface area contributed by atoms with E-state index in [0.29, 0.717) is 4.68 Å². The smallest absolute Gasteiger partial charge is 0.342 e. The van der Waals surface area contributed by atoms with Crippen molar-refractivity contribution < 1.29 is 23.1 Å². The van der Waals surface area contributed by atoms with Crippen molar-refractivity contribution in [2.24, 2.45) is 0 Å². The molecule has 1 aromatic rings. The van der Waals surface area contributed by atoms with E-state index >= 15 is 0 Å². The maximum Gasteiger partial charge on any atom is 0.342 e. The summed E-state index contributed by atoms with van der Waals surface area (Å²) in [6.45, 7) is -0.220. The predicted molar refractivity (Wildman–Crippen MR) is 49.1 cm³/mol. The molecule has 0 aliphatic rings. The quantitative estimate of drug-likeness (QED) is 0.898. The standard InChI is InChI=1S/C8H6ClF3N2O2/c9-2-1-3-14-7(12)4(8(15)16)5(13-14)6(10)11/h1-2,6H,3H2,(H,15,16). The third-order valence-corrected chi connectivity index (χ3v) is 1.88. The largest absolute Gasteiger partial charge is 0.477 e. The van der Waals surface area contributed by atoms with Gasteiger partial charge in [-0.1, -0.05) is 17.7 Å². The zero-order valence-corrected chi connectivity index (χ0v) is 8.46. The van der Waals surface area contributed by atoms with Crippen LogP contribution >= 0.6 is 11.6 Å². The van der Waals surface area contributed by atoms with Gasteiger partial charge in [-0.2, -0.15) is 9.49 Å². The van der Waals surface area contributed by atoms with E-state index in [9.17, 15) is 18.0 Å². The van der Waals surface area contributed by atoms with Crippen molar-refractivity contribution >= 4 is 17.6 Å². The number of carboxylic acid groups (broad SMARTS) is 1. The zero-order valence-electron chi connectivity index (χ0n) is 7.70. The van der Waals surface area contributed by atoms with Gasteiger partial charge in [-0.05, 0) is 0 Å². The van der Waals surface area contributed by atoms with Crippen LogP contribution in [0.4, 0.5) is 13.2 Å². The van der Waals surface area contributed by atoms with E-state index in [1.807, 2.05) is 0 Å². The summed E-state index contributed by atoms with van der Waals surface area (Å²) in [6.07, 6.45) is -1.92. The fraction of sp³-hybridized carbons (Fsp3) is 0.250. The molecule has 16 heavy (non-hydrogen) atoms. The Hall–Kier alpha value is -1.50. The molecule has 0 bridgehead atoms. The first-order chi connectivity index (χ1) is 7.49. The van der Waals surface area contributed by atoms with E-state index in [1.165, 1.54) is 6.08 Å². The number of hydrogen-bond donors (Lipinski definition) is 1. The Morgan fingerprint density at radius 2 is 2.25 bits per heavy atom. The number of hydrogen-bond acceptors (Lipinski definition) is 2. The van der Waals surface area contributed by atoms with E-state index < -0.39 is 29.6 Å². The van der Waals surface area contributed by atoms with Crippen LogP contribution in [0, 0.1) is 5.95 Å². The summed E-state index contributed by atoms with van der Waals surface area (Å²) >= 11 is 5.17. The molecule has 1 aromatic heterocycles. The molecule has 8 heteroatoms. The van der Waals surface area contributed by atoms with Crippen LogP contribution in [0.25, 0.3) is 0 Å². The van der Waals surface area contributed by atoms with Crippen molar-refractivity contribution in [3.05, 3.63) is 28.8 Å². The van der Waals surface area contributed by atoms with Crippen LogP contribution in [0.5, 0.6) is 0 Å². The highest BCUT2D eigenvalue weighted by Crippen LogP contribution is 2.23. The molecule has 0 saturated heterocycles. The topological polar surface area (TPSA) is 55.1 Å². The van der Waals surface area contributed by atoms with Gasteiger partial charge in [0, 0.05) is 5.54 Å². The Morgan fingerprint density at radius 3 is 2.62 bits per heavy atom. The minimum absolute atomic E-state index is 0.220. The van der Waals surface area contributed by atoms with Crippen molar-refractivity contribution in [2.45, 2.75) is 13.0 Å². The number of aromatic carboxylic acids is 1. The van der Waals surface area contributed by atoms with Crippen molar-refractivity contribution in [1.29, 1.82) is 0 Å². The molecule has 88 valence electrons. The van der Waals surface area contributed by atoms with Gasteiger partial charge in [-0.25, -0.2) is 18.3 Å². The SMILES string of the molecule is O=C(O)c1c(C(F)F)nn(CC=CCl)c1F. The van der Waals surface area contributed by atoms with Crippen LogP contribution < -0.4 is 0 Å². The van der Waals surface area contributed by atoms with Gasteiger partial charge < -0.3 is 5.11 Å². The van der Waals surface area contributed by atoms with Gasteiger partial charge in [0.1, 0.15) is 11.3 Å². The van der Waals surface area contributed by atoms with Gasteiger partial charge in [-0.15, -0.1) is 0 Å². The average Bonchev–Trinajstić information content (AvgIpc) is 2.53. The first-order valence-electron chi connectivity index (χ1n) is 4.02. The van der Waals surface area contributed by atoms with Gasteiger partial charge in [-0.3, -0.25) is 0 Å². The Bertz CT molecular complexity index is 431. The summed E-state index contributed by atoms with van der Waals surface area (Å²) in [5, 5.41) is 11.7. The van der Waals surface area contributed by atoms with Crippen LogP contribution in [-0.2, 0) is 6.54 Å². The average molecular weight is 255 g/mol. The number of carboxylic acids is 1. The van der Waals surface area contributed by atoms with Crippen LogP contribution in [-0.4, -0.2) is 20.9 Å². The minimum atomic E-state index is -3.15. The monoisotopic (exact) mass is 254 g/mol. The number of carbonyl (C=O) groups is 1. The van der Waals surface area contributed by atoms with E-state index in [2.05, 4.69) is 5.10 Å². The lowest BCUT2D eigenvalue weighted by atomic mass is 10.2. The highest BCUT2D eigenvalue weighted by molar-refractivity contribution is 6.25. The zero-order chi connectivity index (χ0) is 12.3. The van der Waals surface area contributed by atoms with Gasteiger partial charge in [0.2, 0.25) is 5.95 Å². The molecule has 0 atom stereocenters. The Balaban J connectivity index is 3.24. The molecule has 0 aliphatic carbocycles. The third kappa shape index (κ3) is 2.35. The number of halogens is 4. The molecular weight excluding hydrogens is 249 g/mol. The molecule has 0 aromatic carbocycles. The van der Waals surface area contributed by atoms with Crippen molar-refractivity contribution in [1.82, 2.24) is 9.78 Å². The Labute approximate surface area is 92.9 Å². The Morgan fingerprint density at radius 1 is 1.62 bits per heavy atom. The lowest BCUT2D eigenvalue weighted by Crippen LogP contribution is -2.04. The number of alkyl halides is 2. The second kappa shape index (κ2) is 5.02. The lowest BCUT2D eigenvalue weighted by molar-refractivity contribution is 0.0678. The summed E-state index contributed by atoms with van der Waals surface area (Å²) in [6, 6.07) is 0. The molecule has 4 nitrogen and oxygen atoms in total. The maximum absolute atomic E-state index is 13.3. The second-order valence-corrected chi connectivity index (χ2v) is 2.95. The normalized spacial score (nSPS) is 11.6. The van der Waals surface area contributed by atoms with Crippen LogP contribution in [0.1, 0.15) is 22.5 Å². The second-order valence-electron chi connectivity index (χ2n) is 2.70. The number of rotatable bonds is 4. The van der Waals surface area contributed by atoms with Crippen LogP contribution in [0.3, 0.4) is 0 Å². The molecule has 0 radical (unpaired) electrons. The van der Waals surface area contributed by atoms with Crippen molar-refractivity contribution in [3.8, 4) is 0 Å². The molecular formula is C8H6ClF3N2O2. The molecule has 1 heterocycles. The number of nitrogens with zero attached hydrogens (tertiary/aromatic N) is 2. The highest BCUT2D eigenvalue weighted by atomic mass is 35.5. The summed E-state index contributed by atoms with van der Waals surface area (Å²) in [5.41, 5.74) is -1.16. The summed E-state index contributed by atoms with van der Waals surface area (Å²) < 4.78 is 38.5. The van der Waals surface area contributed by atoms with E-state index in [-0.39, 0.29) is 6.54 Å². The van der Waals surface area contributed by atoms with Gasteiger partial charge >= 0.3 is 5.97 Å². The summed E-state index contributed by atoms with van der Waals surface area (Å²) in [5.74, 6) is -3.11. The fourth-order valence-corrected chi connectivity index (χ4v) is 1.15. The van der Waals surface area contributed by atoms with Gasteiger partial charge in [0.15, 0.2) is 0 Å². The molecule has 0 amide bonds. The number of aromatic nitrogens is 2. The lowest BCUT2D eigenvalue weighted by Gasteiger charge is -1.95. The number of allylic oxidation sites excluding steroid dienone is 1. The first-order valence-corrected chi connectivity index (χ1v) is 4.45. The van der Waals surface area contributed by atoms with E-state index in [1.54, 1.807) is 0 Å². The van der Waals surface area contributed by atoms with E-state index in [0.717, 1.165) is 5.54 Å². The van der Waals surface area contributed by atoms with Crippen LogP contribution in [0.2, 0.25) is 0 Å². The summed E-state index contributed by atoms with van der Waals surface area (Å²) in [7, 11) is 0. The Kier molecular flexibility index (Phi) is 3.94. The summed E-state index contributed by atoms with van der Waals surface area (Å²) in [4.78, 5) is 10.6. The predicted octanol–water partition coefficient (Wildman–Crippen LogP) is 2.41. The molecule has 0 spiro atoms. The first kappa shape index (κ1) is 12.6. The molecule has 0 aliphatic heterocycles. The van der Waals surface area contributed by atoms with Gasteiger partial charge in [0.25, 0.3) is 6.43 Å². The molecule has 0 unspecified atom stereocenters. The van der Waals surface area contributed by atoms with Crippen molar-refractivity contribution in [3.63, 3.8) is 0 Å². The third-order valence-electron chi connectivity index (χ3n) is 1.71. The van der Waals surface area contributed by atoms with Crippen molar-refractivity contribution in [2.75, 3.05) is 0 Å². The highest BCUT2D eigenvalue weighted by Gasteiger charge is 2.28. The molecule has 0 saturated carbocycles. The van der Waals surface area contributed by atoms with Crippen LogP contribution in [0.15, 0.2) is 11.6 Å². The molecule has 1 N–H and O–H groups in total. The van der Waals surface area contributed by atoms with E-state index in [4.69, 9.17) is 16.7 Å². The maximum atomic E-state index is 13.3.